The topological polar surface area (TPSA) is 80.3 Å². The Labute approximate surface area is 169 Å². The van der Waals surface area contributed by atoms with Crippen molar-refractivity contribution in [1.29, 1.82) is 0 Å². The second kappa shape index (κ2) is 10.0. The number of pyridine rings is 1. The van der Waals surface area contributed by atoms with Crippen LogP contribution in [0, 0.1) is 0 Å². The van der Waals surface area contributed by atoms with Crippen molar-refractivity contribution >= 4 is 23.3 Å². The summed E-state index contributed by atoms with van der Waals surface area (Å²) in [6.07, 6.45) is 3.63. The zero-order valence-electron chi connectivity index (χ0n) is 16.2. The molecule has 0 fully saturated rings. The highest BCUT2D eigenvalue weighted by Crippen LogP contribution is 2.17. The van der Waals surface area contributed by atoms with Crippen LogP contribution in [0.4, 0.5) is 11.4 Å². The quantitative estimate of drug-likeness (QED) is 0.447. The molecule has 0 bridgehead atoms. The lowest BCUT2D eigenvalue weighted by Gasteiger charge is -2.10. The fourth-order valence-electron chi connectivity index (χ4n) is 2.87. The van der Waals surface area contributed by atoms with Crippen LogP contribution >= 0.6 is 0 Å². The third kappa shape index (κ3) is 5.65. The summed E-state index contributed by atoms with van der Waals surface area (Å²) in [6, 6.07) is 20.5. The maximum absolute atomic E-state index is 12.5. The highest BCUT2D eigenvalue weighted by atomic mass is 16.5. The molecule has 0 radical (unpaired) electrons. The van der Waals surface area contributed by atoms with E-state index in [1.807, 2.05) is 24.3 Å². The first kappa shape index (κ1) is 20.1. The summed E-state index contributed by atoms with van der Waals surface area (Å²) >= 11 is 0. The Morgan fingerprint density at radius 3 is 2.45 bits per heavy atom. The molecule has 148 valence electrons. The molecule has 0 saturated heterocycles. The van der Waals surface area contributed by atoms with Gasteiger partial charge in [0, 0.05) is 6.54 Å². The lowest BCUT2D eigenvalue weighted by molar-refractivity contribution is 0.0602. The van der Waals surface area contributed by atoms with Gasteiger partial charge in [-0.1, -0.05) is 42.5 Å². The average molecular weight is 389 g/mol. The van der Waals surface area contributed by atoms with Crippen LogP contribution in [0.3, 0.4) is 0 Å². The molecule has 6 heteroatoms. The first-order valence-corrected chi connectivity index (χ1v) is 9.40. The molecule has 1 heterocycles. The predicted molar refractivity (Wildman–Crippen MR) is 113 cm³/mol. The summed E-state index contributed by atoms with van der Waals surface area (Å²) in [5.74, 6) is -0.902. The first-order chi connectivity index (χ1) is 14.2. The summed E-state index contributed by atoms with van der Waals surface area (Å²) < 4.78 is 4.74. The Balaban J connectivity index is 1.53. The standard InChI is InChI=1S/C23H23N3O3/c1-29-23(28)19-11-5-6-12-20(19)26-22(27)21-14-13-18(16-25-21)24-15-7-10-17-8-3-2-4-9-17/h2-6,8-9,11-14,16,24H,7,10,15H2,1H3,(H,26,27). The normalized spacial score (nSPS) is 10.2. The number of ether oxygens (including phenoxy) is 1. The molecule has 2 aromatic carbocycles. The van der Waals surface area contributed by atoms with E-state index < -0.39 is 11.9 Å². The lowest BCUT2D eigenvalue weighted by Crippen LogP contribution is -2.16. The number of nitrogens with zero attached hydrogens (tertiary/aromatic N) is 1. The number of methoxy groups -OCH3 is 1. The van der Waals surface area contributed by atoms with Crippen molar-refractivity contribution in [2.45, 2.75) is 12.8 Å². The number of carbonyl (C=O) groups is 2. The highest BCUT2D eigenvalue weighted by Gasteiger charge is 2.14. The molecule has 6 nitrogen and oxygen atoms in total. The molecule has 0 unspecified atom stereocenters. The van der Waals surface area contributed by atoms with E-state index in [0.29, 0.717) is 11.3 Å². The number of benzene rings is 2. The SMILES string of the molecule is COC(=O)c1ccccc1NC(=O)c1ccc(NCCCc2ccccc2)cn1. The van der Waals surface area contributed by atoms with Crippen molar-refractivity contribution in [3.8, 4) is 0 Å². The van der Waals surface area contributed by atoms with Crippen molar-refractivity contribution in [1.82, 2.24) is 4.98 Å². The Hall–Kier alpha value is -3.67. The van der Waals surface area contributed by atoms with E-state index in [1.165, 1.54) is 12.7 Å². The van der Waals surface area contributed by atoms with Gasteiger partial charge in [0.1, 0.15) is 5.69 Å². The van der Waals surface area contributed by atoms with Gasteiger partial charge in [-0.2, -0.15) is 0 Å². The summed E-state index contributed by atoms with van der Waals surface area (Å²) in [4.78, 5) is 28.5. The van der Waals surface area contributed by atoms with Gasteiger partial charge in [-0.15, -0.1) is 0 Å². The average Bonchev–Trinajstić information content (AvgIpc) is 2.77. The van der Waals surface area contributed by atoms with Gasteiger partial charge in [-0.25, -0.2) is 9.78 Å². The van der Waals surface area contributed by atoms with Crippen molar-refractivity contribution in [3.63, 3.8) is 0 Å². The Bertz CT molecular complexity index is 957. The number of amides is 1. The summed E-state index contributed by atoms with van der Waals surface area (Å²) in [5.41, 5.74) is 3.10. The number of anilines is 2. The van der Waals surface area contributed by atoms with Gasteiger partial charge in [0.15, 0.2) is 0 Å². The maximum atomic E-state index is 12.5. The lowest BCUT2D eigenvalue weighted by atomic mass is 10.1. The minimum atomic E-state index is -0.510. The van der Waals surface area contributed by atoms with Gasteiger partial charge < -0.3 is 15.4 Å². The van der Waals surface area contributed by atoms with Crippen LogP contribution in [0.15, 0.2) is 72.9 Å². The summed E-state index contributed by atoms with van der Waals surface area (Å²) in [7, 11) is 1.30. The zero-order valence-corrected chi connectivity index (χ0v) is 16.2. The number of aromatic nitrogens is 1. The Morgan fingerprint density at radius 1 is 0.966 bits per heavy atom. The van der Waals surface area contributed by atoms with Gasteiger partial charge >= 0.3 is 5.97 Å². The van der Waals surface area contributed by atoms with Crippen LogP contribution in [0.2, 0.25) is 0 Å². The van der Waals surface area contributed by atoms with E-state index in [9.17, 15) is 9.59 Å². The van der Waals surface area contributed by atoms with Crippen LogP contribution in [0.5, 0.6) is 0 Å². The predicted octanol–water partition coefficient (Wildman–Crippen LogP) is 4.17. The minimum Gasteiger partial charge on any atom is -0.465 e. The fourth-order valence-corrected chi connectivity index (χ4v) is 2.87. The number of aryl methyl sites for hydroxylation is 1. The van der Waals surface area contributed by atoms with Gasteiger partial charge in [0.2, 0.25) is 0 Å². The molecule has 0 aliphatic carbocycles. The molecule has 0 aliphatic heterocycles. The first-order valence-electron chi connectivity index (χ1n) is 9.40. The van der Waals surface area contributed by atoms with E-state index in [2.05, 4.69) is 27.8 Å². The van der Waals surface area contributed by atoms with E-state index in [1.54, 1.807) is 36.5 Å². The highest BCUT2D eigenvalue weighted by molar-refractivity contribution is 6.07. The number of hydrogen-bond acceptors (Lipinski definition) is 5. The number of para-hydroxylation sites is 1. The third-order valence-electron chi connectivity index (χ3n) is 4.39. The molecule has 2 N–H and O–H groups in total. The van der Waals surface area contributed by atoms with Crippen molar-refractivity contribution in [2.24, 2.45) is 0 Å². The molecule has 0 aliphatic rings. The molecule has 0 saturated carbocycles. The van der Waals surface area contributed by atoms with Crippen LogP contribution in [0.1, 0.15) is 32.8 Å². The third-order valence-corrected chi connectivity index (χ3v) is 4.39. The Morgan fingerprint density at radius 2 is 1.72 bits per heavy atom. The molecular formula is C23H23N3O3. The number of esters is 1. The fraction of sp³-hybridized carbons (Fsp3) is 0.174. The molecule has 1 amide bonds. The van der Waals surface area contributed by atoms with E-state index in [4.69, 9.17) is 4.74 Å². The van der Waals surface area contributed by atoms with Crippen LogP contribution in [-0.4, -0.2) is 30.5 Å². The maximum Gasteiger partial charge on any atom is 0.339 e. The van der Waals surface area contributed by atoms with Crippen LogP contribution in [0.25, 0.3) is 0 Å². The zero-order chi connectivity index (χ0) is 20.5. The largest absolute Gasteiger partial charge is 0.465 e. The number of nitrogens with one attached hydrogen (secondary N) is 2. The molecule has 0 spiro atoms. The minimum absolute atomic E-state index is 0.263. The number of hydrogen-bond donors (Lipinski definition) is 2. The monoisotopic (exact) mass is 389 g/mol. The molecule has 3 rings (SSSR count). The van der Waals surface area contributed by atoms with E-state index in [-0.39, 0.29) is 5.69 Å². The van der Waals surface area contributed by atoms with Crippen LogP contribution in [-0.2, 0) is 11.2 Å². The molecule has 1 aromatic heterocycles. The van der Waals surface area contributed by atoms with Crippen molar-refractivity contribution in [2.75, 3.05) is 24.3 Å². The van der Waals surface area contributed by atoms with Gasteiger partial charge in [-0.3, -0.25) is 4.79 Å². The number of carbonyl (C=O) groups excluding carboxylic acids is 2. The molecule has 3 aromatic rings. The van der Waals surface area contributed by atoms with Gasteiger partial charge in [0.25, 0.3) is 5.91 Å². The molecule has 0 atom stereocenters. The summed E-state index contributed by atoms with van der Waals surface area (Å²) in [6.45, 7) is 0.814. The van der Waals surface area contributed by atoms with Crippen molar-refractivity contribution < 1.29 is 14.3 Å². The Kier molecular flexibility index (Phi) is 6.95. The molecule has 29 heavy (non-hydrogen) atoms. The van der Waals surface area contributed by atoms with Crippen LogP contribution < -0.4 is 10.6 Å². The second-order valence-corrected chi connectivity index (χ2v) is 6.44. The second-order valence-electron chi connectivity index (χ2n) is 6.44. The molecular weight excluding hydrogens is 366 g/mol. The van der Waals surface area contributed by atoms with Crippen molar-refractivity contribution in [3.05, 3.63) is 89.7 Å². The smallest absolute Gasteiger partial charge is 0.339 e. The van der Waals surface area contributed by atoms with Gasteiger partial charge in [-0.05, 0) is 42.7 Å². The summed E-state index contributed by atoms with van der Waals surface area (Å²) in [5, 5.41) is 6.02. The number of rotatable bonds is 8. The van der Waals surface area contributed by atoms with Gasteiger partial charge in [0.05, 0.1) is 30.2 Å². The van der Waals surface area contributed by atoms with E-state index >= 15 is 0 Å². The van der Waals surface area contributed by atoms with E-state index in [0.717, 1.165) is 25.1 Å².